The Hall–Kier alpha value is -2.00. The summed E-state index contributed by atoms with van der Waals surface area (Å²) in [5.74, 6) is 0.177. The minimum atomic E-state index is 0.177. The van der Waals surface area contributed by atoms with Gasteiger partial charge in [-0.2, -0.15) is 0 Å². The van der Waals surface area contributed by atoms with E-state index in [2.05, 4.69) is 10.0 Å². The zero-order valence-corrected chi connectivity index (χ0v) is 9.76. The second-order valence-electron chi connectivity index (χ2n) is 4.16. The van der Waals surface area contributed by atoms with Crippen LogP contribution in [0.4, 0.5) is 11.4 Å². The van der Waals surface area contributed by atoms with E-state index in [4.69, 9.17) is 5.53 Å². The number of aryl methyl sites for hydroxylation is 1. The first-order valence-electron chi connectivity index (χ1n) is 5.68. The van der Waals surface area contributed by atoms with E-state index >= 15 is 0 Å². The van der Waals surface area contributed by atoms with Gasteiger partial charge in [-0.15, -0.1) is 0 Å². The van der Waals surface area contributed by atoms with E-state index in [1.807, 2.05) is 17.9 Å². The number of carbonyl (C=O) groups excluding carboxylic acids is 1. The number of carbonyl (C=O) groups is 1. The van der Waals surface area contributed by atoms with Crippen molar-refractivity contribution in [1.29, 1.82) is 0 Å². The maximum atomic E-state index is 11.8. The molecule has 1 amide bonds. The van der Waals surface area contributed by atoms with Crippen molar-refractivity contribution in [3.8, 4) is 0 Å². The van der Waals surface area contributed by atoms with Gasteiger partial charge in [-0.05, 0) is 43.0 Å². The highest BCUT2D eigenvalue weighted by atomic mass is 16.2. The van der Waals surface area contributed by atoms with Crippen molar-refractivity contribution in [2.75, 3.05) is 11.4 Å². The molecule has 0 spiro atoms. The van der Waals surface area contributed by atoms with Crippen molar-refractivity contribution in [3.63, 3.8) is 0 Å². The van der Waals surface area contributed by atoms with E-state index in [1.165, 1.54) is 0 Å². The molecular weight excluding hydrogens is 216 g/mol. The number of hydrogen-bond donors (Lipinski definition) is 0. The van der Waals surface area contributed by atoms with Crippen molar-refractivity contribution < 1.29 is 4.79 Å². The van der Waals surface area contributed by atoms with Gasteiger partial charge >= 0.3 is 0 Å². The van der Waals surface area contributed by atoms with Gasteiger partial charge in [0, 0.05) is 29.3 Å². The highest BCUT2D eigenvalue weighted by Crippen LogP contribution is 2.27. The SMILES string of the molecule is Cc1cc(N=[N+]=[N-])ccc1N1CCCCC1=O. The molecule has 5 heteroatoms. The second-order valence-corrected chi connectivity index (χ2v) is 4.16. The zero-order chi connectivity index (χ0) is 12.3. The molecule has 88 valence electrons. The van der Waals surface area contributed by atoms with Crippen LogP contribution in [0.25, 0.3) is 10.4 Å². The van der Waals surface area contributed by atoms with E-state index < -0.39 is 0 Å². The number of piperidine rings is 1. The lowest BCUT2D eigenvalue weighted by Crippen LogP contribution is -2.35. The van der Waals surface area contributed by atoms with Crippen LogP contribution in [-0.4, -0.2) is 12.5 Å². The van der Waals surface area contributed by atoms with E-state index in [9.17, 15) is 4.79 Å². The highest BCUT2D eigenvalue weighted by molar-refractivity contribution is 5.94. The van der Waals surface area contributed by atoms with Crippen LogP contribution in [-0.2, 0) is 4.79 Å². The molecule has 0 saturated carbocycles. The highest BCUT2D eigenvalue weighted by Gasteiger charge is 2.20. The Labute approximate surface area is 99.7 Å². The van der Waals surface area contributed by atoms with Gasteiger partial charge in [0.25, 0.3) is 0 Å². The van der Waals surface area contributed by atoms with E-state index in [0.29, 0.717) is 12.1 Å². The molecule has 0 aliphatic carbocycles. The van der Waals surface area contributed by atoms with Crippen molar-refractivity contribution in [2.24, 2.45) is 5.11 Å². The molecule has 1 saturated heterocycles. The zero-order valence-electron chi connectivity index (χ0n) is 9.76. The number of azide groups is 1. The fourth-order valence-corrected chi connectivity index (χ4v) is 2.12. The predicted octanol–water partition coefficient (Wildman–Crippen LogP) is 3.45. The standard InChI is InChI=1S/C12H14N4O/c1-9-8-10(14-15-13)5-6-11(9)16-7-3-2-4-12(16)17/h5-6,8H,2-4,7H2,1H3. The maximum absolute atomic E-state index is 11.8. The van der Waals surface area contributed by atoms with Gasteiger partial charge in [-0.3, -0.25) is 4.79 Å². The monoisotopic (exact) mass is 230 g/mol. The Morgan fingerprint density at radius 2 is 2.24 bits per heavy atom. The second kappa shape index (κ2) is 4.89. The lowest BCUT2D eigenvalue weighted by molar-refractivity contribution is -0.119. The average molecular weight is 230 g/mol. The minimum Gasteiger partial charge on any atom is -0.312 e. The smallest absolute Gasteiger partial charge is 0.226 e. The summed E-state index contributed by atoms with van der Waals surface area (Å²) in [6.07, 6.45) is 2.64. The summed E-state index contributed by atoms with van der Waals surface area (Å²) in [5, 5.41) is 3.55. The molecule has 1 heterocycles. The first-order valence-corrected chi connectivity index (χ1v) is 5.68. The van der Waals surface area contributed by atoms with Gasteiger partial charge in [0.15, 0.2) is 0 Å². The molecule has 17 heavy (non-hydrogen) atoms. The molecular formula is C12H14N4O. The number of benzene rings is 1. The molecule has 5 nitrogen and oxygen atoms in total. The van der Waals surface area contributed by atoms with Gasteiger partial charge in [0.1, 0.15) is 0 Å². The van der Waals surface area contributed by atoms with Gasteiger partial charge in [0.2, 0.25) is 5.91 Å². The van der Waals surface area contributed by atoms with E-state index in [-0.39, 0.29) is 5.91 Å². The summed E-state index contributed by atoms with van der Waals surface area (Å²) in [5.41, 5.74) is 10.8. The molecule has 0 unspecified atom stereocenters. The Balaban J connectivity index is 2.32. The van der Waals surface area contributed by atoms with Crippen LogP contribution in [0, 0.1) is 6.92 Å². The van der Waals surface area contributed by atoms with Crippen molar-refractivity contribution >= 4 is 17.3 Å². The van der Waals surface area contributed by atoms with Crippen LogP contribution in [0.15, 0.2) is 23.3 Å². The molecule has 0 atom stereocenters. The molecule has 0 aromatic heterocycles. The Kier molecular flexibility index (Phi) is 3.30. The van der Waals surface area contributed by atoms with Gasteiger partial charge in [-0.25, -0.2) is 0 Å². The summed E-state index contributed by atoms with van der Waals surface area (Å²) in [4.78, 5) is 16.4. The fourth-order valence-electron chi connectivity index (χ4n) is 2.12. The summed E-state index contributed by atoms with van der Waals surface area (Å²) in [7, 11) is 0. The fraction of sp³-hybridized carbons (Fsp3) is 0.417. The van der Waals surface area contributed by atoms with Crippen LogP contribution in [0.5, 0.6) is 0 Å². The molecule has 1 aromatic rings. The molecule has 0 N–H and O–H groups in total. The number of anilines is 1. The third-order valence-electron chi connectivity index (χ3n) is 2.95. The largest absolute Gasteiger partial charge is 0.312 e. The summed E-state index contributed by atoms with van der Waals surface area (Å²) in [6.45, 7) is 2.70. The summed E-state index contributed by atoms with van der Waals surface area (Å²) in [6, 6.07) is 5.39. The Morgan fingerprint density at radius 3 is 2.88 bits per heavy atom. The Morgan fingerprint density at radius 1 is 1.41 bits per heavy atom. The molecule has 1 fully saturated rings. The number of hydrogen-bond acceptors (Lipinski definition) is 2. The first kappa shape index (κ1) is 11.5. The normalized spacial score (nSPS) is 15.6. The third-order valence-corrected chi connectivity index (χ3v) is 2.95. The minimum absolute atomic E-state index is 0.177. The maximum Gasteiger partial charge on any atom is 0.226 e. The number of rotatable bonds is 2. The van der Waals surface area contributed by atoms with Crippen LogP contribution >= 0.6 is 0 Å². The molecule has 1 aromatic carbocycles. The van der Waals surface area contributed by atoms with Gasteiger partial charge < -0.3 is 4.90 Å². The van der Waals surface area contributed by atoms with Crippen molar-refractivity contribution in [1.82, 2.24) is 0 Å². The molecule has 1 aliphatic rings. The van der Waals surface area contributed by atoms with Gasteiger partial charge in [-0.1, -0.05) is 11.2 Å². The van der Waals surface area contributed by atoms with Gasteiger partial charge in [0.05, 0.1) is 0 Å². The van der Waals surface area contributed by atoms with Crippen molar-refractivity contribution in [2.45, 2.75) is 26.2 Å². The lowest BCUT2D eigenvalue weighted by atomic mass is 10.1. The topological polar surface area (TPSA) is 69.1 Å². The quantitative estimate of drug-likeness (QED) is 0.435. The number of amides is 1. The number of nitrogens with zero attached hydrogens (tertiary/aromatic N) is 4. The van der Waals surface area contributed by atoms with E-state index in [0.717, 1.165) is 30.6 Å². The molecule has 0 radical (unpaired) electrons. The molecule has 2 rings (SSSR count). The molecule has 1 aliphatic heterocycles. The van der Waals surface area contributed by atoms with Crippen LogP contribution in [0.2, 0.25) is 0 Å². The average Bonchev–Trinajstić information content (AvgIpc) is 2.31. The van der Waals surface area contributed by atoms with Crippen molar-refractivity contribution in [3.05, 3.63) is 34.2 Å². The Bertz CT molecular complexity index is 491. The van der Waals surface area contributed by atoms with E-state index in [1.54, 1.807) is 12.1 Å². The predicted molar refractivity (Wildman–Crippen MR) is 66.2 cm³/mol. The van der Waals surface area contributed by atoms with Crippen LogP contribution < -0.4 is 4.90 Å². The summed E-state index contributed by atoms with van der Waals surface area (Å²) >= 11 is 0. The lowest BCUT2D eigenvalue weighted by Gasteiger charge is -2.28. The molecule has 0 bridgehead atoms. The summed E-state index contributed by atoms with van der Waals surface area (Å²) < 4.78 is 0. The third kappa shape index (κ3) is 2.40. The van der Waals surface area contributed by atoms with Crippen LogP contribution in [0.3, 0.4) is 0 Å². The van der Waals surface area contributed by atoms with Crippen LogP contribution in [0.1, 0.15) is 24.8 Å². The first-order chi connectivity index (χ1) is 8.22.